The molecule has 31 heavy (non-hydrogen) atoms. The molecule has 8 nitrogen and oxygen atoms in total. The molecule has 1 aromatic heterocycles. The SMILES string of the molecule is Cc1ccc2c(c1)C(=O)N(CCCC(=O)NCc1ccc(N3CCOCC3)nc1)C2=O. The molecule has 2 aliphatic heterocycles. The lowest BCUT2D eigenvalue weighted by molar-refractivity contribution is -0.121. The lowest BCUT2D eigenvalue weighted by atomic mass is 10.1. The van der Waals surface area contributed by atoms with Crippen LogP contribution in [0, 0.1) is 6.92 Å². The Morgan fingerprint density at radius 1 is 1.10 bits per heavy atom. The number of carbonyl (C=O) groups excluding carboxylic acids is 3. The summed E-state index contributed by atoms with van der Waals surface area (Å²) in [6.07, 6.45) is 2.43. The molecule has 0 atom stereocenters. The summed E-state index contributed by atoms with van der Waals surface area (Å²) < 4.78 is 5.35. The molecule has 0 radical (unpaired) electrons. The van der Waals surface area contributed by atoms with Gasteiger partial charge in [-0.05, 0) is 37.1 Å². The number of hydrogen-bond donors (Lipinski definition) is 1. The van der Waals surface area contributed by atoms with Crippen molar-refractivity contribution in [3.63, 3.8) is 0 Å². The molecule has 3 heterocycles. The summed E-state index contributed by atoms with van der Waals surface area (Å²) in [6.45, 7) is 5.58. The first-order valence-electron chi connectivity index (χ1n) is 10.5. The molecule has 162 valence electrons. The van der Waals surface area contributed by atoms with Gasteiger partial charge in [0.2, 0.25) is 5.91 Å². The number of rotatable bonds is 7. The quantitative estimate of drug-likeness (QED) is 0.686. The maximum atomic E-state index is 12.5. The normalized spacial score (nSPS) is 15.9. The van der Waals surface area contributed by atoms with E-state index in [9.17, 15) is 14.4 Å². The molecule has 1 fully saturated rings. The number of aryl methyl sites for hydroxylation is 1. The lowest BCUT2D eigenvalue weighted by Gasteiger charge is -2.27. The molecule has 0 aliphatic carbocycles. The number of anilines is 1. The Morgan fingerprint density at radius 2 is 1.87 bits per heavy atom. The van der Waals surface area contributed by atoms with Crippen LogP contribution < -0.4 is 10.2 Å². The van der Waals surface area contributed by atoms with E-state index in [4.69, 9.17) is 4.74 Å². The molecular formula is C23H26N4O4. The highest BCUT2D eigenvalue weighted by Crippen LogP contribution is 2.24. The predicted molar refractivity (Wildman–Crippen MR) is 115 cm³/mol. The Hall–Kier alpha value is -3.26. The third-order valence-electron chi connectivity index (χ3n) is 5.55. The van der Waals surface area contributed by atoms with Crippen molar-refractivity contribution in [2.45, 2.75) is 26.3 Å². The Labute approximate surface area is 181 Å². The fourth-order valence-electron chi connectivity index (χ4n) is 3.80. The van der Waals surface area contributed by atoms with E-state index >= 15 is 0 Å². The van der Waals surface area contributed by atoms with E-state index in [0.29, 0.717) is 37.3 Å². The van der Waals surface area contributed by atoms with Crippen LogP contribution in [0.2, 0.25) is 0 Å². The minimum Gasteiger partial charge on any atom is -0.378 e. The number of hydrogen-bond acceptors (Lipinski definition) is 6. The van der Waals surface area contributed by atoms with Crippen molar-refractivity contribution in [2.75, 3.05) is 37.7 Å². The smallest absolute Gasteiger partial charge is 0.261 e. The Balaban J connectivity index is 1.21. The predicted octanol–water partition coefficient (Wildman–Crippen LogP) is 1.92. The Kier molecular flexibility index (Phi) is 6.27. The average Bonchev–Trinajstić information content (AvgIpc) is 3.03. The van der Waals surface area contributed by atoms with Crippen molar-refractivity contribution in [2.24, 2.45) is 0 Å². The monoisotopic (exact) mass is 422 g/mol. The minimum atomic E-state index is -0.285. The number of pyridine rings is 1. The van der Waals surface area contributed by atoms with Gasteiger partial charge in [0, 0.05) is 38.8 Å². The van der Waals surface area contributed by atoms with E-state index < -0.39 is 0 Å². The number of ether oxygens (including phenoxy) is 1. The number of imide groups is 1. The standard InChI is InChI=1S/C23H26N4O4/c1-16-4-6-18-19(13-16)23(30)27(22(18)29)8-2-3-21(28)25-15-17-5-7-20(24-14-17)26-9-11-31-12-10-26/h4-7,13-14H,2-3,8-12,15H2,1H3,(H,25,28). The summed E-state index contributed by atoms with van der Waals surface area (Å²) in [6, 6.07) is 9.16. The number of aromatic nitrogens is 1. The molecule has 1 N–H and O–H groups in total. The van der Waals surface area contributed by atoms with Gasteiger partial charge in [-0.3, -0.25) is 19.3 Å². The largest absolute Gasteiger partial charge is 0.378 e. The van der Waals surface area contributed by atoms with Crippen molar-refractivity contribution in [3.05, 3.63) is 58.8 Å². The van der Waals surface area contributed by atoms with Crippen LogP contribution in [-0.2, 0) is 16.1 Å². The van der Waals surface area contributed by atoms with Gasteiger partial charge in [-0.15, -0.1) is 0 Å². The van der Waals surface area contributed by atoms with Gasteiger partial charge in [-0.25, -0.2) is 4.98 Å². The first-order chi connectivity index (χ1) is 15.0. The molecule has 0 bridgehead atoms. The number of nitrogens with zero attached hydrogens (tertiary/aromatic N) is 3. The topological polar surface area (TPSA) is 91.8 Å². The summed E-state index contributed by atoms with van der Waals surface area (Å²) in [5.41, 5.74) is 2.74. The highest BCUT2D eigenvalue weighted by atomic mass is 16.5. The highest BCUT2D eigenvalue weighted by Gasteiger charge is 2.34. The Morgan fingerprint density at radius 3 is 2.61 bits per heavy atom. The van der Waals surface area contributed by atoms with Gasteiger partial charge in [0.25, 0.3) is 11.8 Å². The number of amides is 3. The van der Waals surface area contributed by atoms with Crippen LogP contribution in [0.15, 0.2) is 36.5 Å². The fourth-order valence-corrected chi connectivity index (χ4v) is 3.80. The highest BCUT2D eigenvalue weighted by molar-refractivity contribution is 6.21. The molecule has 0 unspecified atom stereocenters. The van der Waals surface area contributed by atoms with Gasteiger partial charge >= 0.3 is 0 Å². The second-order valence-corrected chi connectivity index (χ2v) is 7.82. The third kappa shape index (κ3) is 4.74. The van der Waals surface area contributed by atoms with Crippen molar-refractivity contribution >= 4 is 23.5 Å². The number of carbonyl (C=O) groups is 3. The van der Waals surface area contributed by atoms with Crippen LogP contribution in [0.3, 0.4) is 0 Å². The molecule has 1 saturated heterocycles. The first-order valence-corrected chi connectivity index (χ1v) is 10.5. The average molecular weight is 422 g/mol. The van der Waals surface area contributed by atoms with Crippen LogP contribution >= 0.6 is 0 Å². The number of fused-ring (bicyclic) bond motifs is 1. The zero-order valence-corrected chi connectivity index (χ0v) is 17.6. The van der Waals surface area contributed by atoms with Crippen molar-refractivity contribution < 1.29 is 19.1 Å². The summed E-state index contributed by atoms with van der Waals surface area (Å²) in [7, 11) is 0. The van der Waals surface area contributed by atoms with Crippen LogP contribution in [-0.4, -0.2) is 60.5 Å². The van der Waals surface area contributed by atoms with Crippen LogP contribution in [0.25, 0.3) is 0 Å². The number of nitrogens with one attached hydrogen (secondary N) is 1. The van der Waals surface area contributed by atoms with E-state index in [1.54, 1.807) is 18.3 Å². The molecule has 1 aromatic carbocycles. The molecular weight excluding hydrogens is 396 g/mol. The zero-order valence-electron chi connectivity index (χ0n) is 17.6. The lowest BCUT2D eigenvalue weighted by Crippen LogP contribution is -2.36. The fraction of sp³-hybridized carbons (Fsp3) is 0.391. The van der Waals surface area contributed by atoms with Crippen LogP contribution in [0.4, 0.5) is 5.82 Å². The maximum absolute atomic E-state index is 12.5. The zero-order chi connectivity index (χ0) is 21.8. The van der Waals surface area contributed by atoms with Gasteiger partial charge in [-0.1, -0.05) is 17.7 Å². The second-order valence-electron chi connectivity index (χ2n) is 7.82. The number of benzene rings is 1. The molecule has 2 aliphatic rings. The van der Waals surface area contributed by atoms with Crippen LogP contribution in [0.1, 0.15) is 44.7 Å². The summed E-state index contributed by atoms with van der Waals surface area (Å²) in [5.74, 6) is 0.224. The molecule has 4 rings (SSSR count). The van der Waals surface area contributed by atoms with Gasteiger partial charge in [0.05, 0.1) is 24.3 Å². The molecule has 8 heteroatoms. The Bertz CT molecular complexity index is 984. The van der Waals surface area contributed by atoms with Gasteiger partial charge < -0.3 is 15.0 Å². The van der Waals surface area contributed by atoms with Crippen LogP contribution in [0.5, 0.6) is 0 Å². The molecule has 2 aromatic rings. The first kappa shape index (κ1) is 21.0. The molecule has 0 spiro atoms. The van der Waals surface area contributed by atoms with E-state index in [0.717, 1.165) is 30.0 Å². The van der Waals surface area contributed by atoms with E-state index in [1.165, 1.54) is 4.90 Å². The van der Waals surface area contributed by atoms with E-state index in [-0.39, 0.29) is 30.7 Å². The maximum Gasteiger partial charge on any atom is 0.261 e. The third-order valence-corrected chi connectivity index (χ3v) is 5.55. The van der Waals surface area contributed by atoms with Gasteiger partial charge in [-0.2, -0.15) is 0 Å². The molecule has 3 amide bonds. The summed E-state index contributed by atoms with van der Waals surface area (Å²) in [4.78, 5) is 45.0. The van der Waals surface area contributed by atoms with E-state index in [2.05, 4.69) is 15.2 Å². The second kappa shape index (κ2) is 9.26. The minimum absolute atomic E-state index is 0.121. The number of morpholine rings is 1. The van der Waals surface area contributed by atoms with Gasteiger partial charge in [0.1, 0.15) is 5.82 Å². The van der Waals surface area contributed by atoms with Crippen molar-refractivity contribution in [1.29, 1.82) is 0 Å². The van der Waals surface area contributed by atoms with Crippen molar-refractivity contribution in [3.8, 4) is 0 Å². The van der Waals surface area contributed by atoms with E-state index in [1.807, 2.05) is 25.1 Å². The summed E-state index contributed by atoms with van der Waals surface area (Å²) >= 11 is 0. The van der Waals surface area contributed by atoms with Crippen molar-refractivity contribution in [1.82, 2.24) is 15.2 Å². The van der Waals surface area contributed by atoms with Gasteiger partial charge in [0.15, 0.2) is 0 Å². The summed E-state index contributed by atoms with van der Waals surface area (Å²) in [5, 5.41) is 2.87. The molecule has 0 saturated carbocycles.